The molecule has 0 bridgehead atoms. The van der Waals surface area contributed by atoms with E-state index in [1.165, 1.54) is 6.07 Å². The van der Waals surface area contributed by atoms with Crippen molar-refractivity contribution >= 4 is 15.9 Å². The van der Waals surface area contributed by atoms with Crippen molar-refractivity contribution in [3.8, 4) is 0 Å². The van der Waals surface area contributed by atoms with Crippen LogP contribution in [0.5, 0.6) is 0 Å². The van der Waals surface area contributed by atoms with E-state index in [0.29, 0.717) is 4.47 Å². The number of rotatable bonds is 5. The van der Waals surface area contributed by atoms with E-state index in [2.05, 4.69) is 33.3 Å². The Hall–Kier alpha value is -1.20. The van der Waals surface area contributed by atoms with E-state index >= 15 is 0 Å². The molecule has 0 fully saturated rings. The van der Waals surface area contributed by atoms with Crippen molar-refractivity contribution in [3.05, 3.63) is 52.5 Å². The Morgan fingerprint density at radius 1 is 1.50 bits per heavy atom. The highest BCUT2D eigenvalue weighted by Gasteiger charge is 2.07. The Bertz CT molecular complexity index is 499. The van der Waals surface area contributed by atoms with Crippen LogP contribution >= 0.6 is 15.9 Å². The molecule has 0 radical (unpaired) electrons. The molecular formula is C13H15BrFN3. The second-order valence-electron chi connectivity index (χ2n) is 4.12. The van der Waals surface area contributed by atoms with E-state index < -0.39 is 0 Å². The molecule has 0 saturated carbocycles. The molecule has 0 aliphatic rings. The summed E-state index contributed by atoms with van der Waals surface area (Å²) >= 11 is 3.20. The summed E-state index contributed by atoms with van der Waals surface area (Å²) in [5.74, 6) is -0.234. The van der Waals surface area contributed by atoms with Gasteiger partial charge in [-0.1, -0.05) is 6.07 Å². The Morgan fingerprint density at radius 2 is 2.33 bits per heavy atom. The lowest BCUT2D eigenvalue weighted by Gasteiger charge is -2.14. The Balaban J connectivity index is 1.87. The third kappa shape index (κ3) is 3.40. The molecule has 0 aliphatic carbocycles. The maximum absolute atomic E-state index is 13.1. The smallest absolute Gasteiger partial charge is 0.137 e. The Labute approximate surface area is 114 Å². The quantitative estimate of drug-likeness (QED) is 0.919. The van der Waals surface area contributed by atoms with Crippen LogP contribution in [0.3, 0.4) is 0 Å². The number of halogens is 2. The van der Waals surface area contributed by atoms with Gasteiger partial charge in [0.2, 0.25) is 0 Å². The van der Waals surface area contributed by atoms with Gasteiger partial charge in [0.1, 0.15) is 5.82 Å². The third-order valence-electron chi connectivity index (χ3n) is 2.79. The maximum atomic E-state index is 13.1. The first kappa shape index (κ1) is 13.2. The molecule has 0 spiro atoms. The molecule has 5 heteroatoms. The molecule has 3 nitrogen and oxygen atoms in total. The first-order valence-corrected chi connectivity index (χ1v) is 6.62. The lowest BCUT2D eigenvalue weighted by atomic mass is 10.1. The fraction of sp³-hybridized carbons (Fsp3) is 0.308. The normalized spacial score (nSPS) is 12.6. The van der Waals surface area contributed by atoms with E-state index in [-0.39, 0.29) is 11.9 Å². The maximum Gasteiger partial charge on any atom is 0.137 e. The molecule has 1 unspecified atom stereocenters. The van der Waals surface area contributed by atoms with Crippen LogP contribution in [0, 0.1) is 5.82 Å². The molecule has 1 aromatic carbocycles. The van der Waals surface area contributed by atoms with E-state index in [0.717, 1.165) is 18.7 Å². The van der Waals surface area contributed by atoms with Crippen LogP contribution in [-0.2, 0) is 6.54 Å². The van der Waals surface area contributed by atoms with Gasteiger partial charge in [-0.25, -0.2) is 4.39 Å². The number of benzene rings is 1. The second-order valence-corrected chi connectivity index (χ2v) is 4.97. The number of nitrogens with zero attached hydrogens (tertiary/aromatic N) is 2. The average molecular weight is 312 g/mol. The zero-order valence-corrected chi connectivity index (χ0v) is 11.7. The molecule has 0 saturated heterocycles. The minimum absolute atomic E-state index is 0.178. The van der Waals surface area contributed by atoms with Gasteiger partial charge in [-0.2, -0.15) is 5.10 Å². The van der Waals surface area contributed by atoms with Crippen LogP contribution in [0.4, 0.5) is 4.39 Å². The van der Waals surface area contributed by atoms with Crippen molar-refractivity contribution in [1.29, 1.82) is 0 Å². The van der Waals surface area contributed by atoms with E-state index in [1.54, 1.807) is 18.3 Å². The average Bonchev–Trinajstić information content (AvgIpc) is 2.85. The van der Waals surface area contributed by atoms with Crippen molar-refractivity contribution < 1.29 is 4.39 Å². The van der Waals surface area contributed by atoms with Crippen LogP contribution in [0.15, 0.2) is 41.1 Å². The summed E-state index contributed by atoms with van der Waals surface area (Å²) in [5.41, 5.74) is 1.06. The standard InChI is InChI=1S/C13H15BrFN3/c1-10(11-3-4-13(15)12(14)9-11)16-6-8-18-7-2-5-17-18/h2-5,7,9-10,16H,6,8H2,1H3. The second kappa shape index (κ2) is 6.11. The van der Waals surface area contributed by atoms with Gasteiger partial charge in [0.05, 0.1) is 11.0 Å². The molecule has 0 amide bonds. The molecule has 2 rings (SSSR count). The largest absolute Gasteiger partial charge is 0.308 e. The predicted octanol–water partition coefficient (Wildman–Crippen LogP) is 3.14. The highest BCUT2D eigenvalue weighted by molar-refractivity contribution is 9.10. The fourth-order valence-electron chi connectivity index (χ4n) is 1.73. The minimum atomic E-state index is -0.234. The van der Waals surface area contributed by atoms with Crippen molar-refractivity contribution in [2.24, 2.45) is 0 Å². The van der Waals surface area contributed by atoms with Crippen LogP contribution in [0.2, 0.25) is 0 Å². The van der Waals surface area contributed by atoms with Gasteiger partial charge >= 0.3 is 0 Å². The SMILES string of the molecule is CC(NCCn1cccn1)c1ccc(F)c(Br)c1. The van der Waals surface area contributed by atoms with Crippen LogP contribution < -0.4 is 5.32 Å². The lowest BCUT2D eigenvalue weighted by molar-refractivity contribution is 0.506. The summed E-state index contributed by atoms with van der Waals surface area (Å²) < 4.78 is 15.5. The lowest BCUT2D eigenvalue weighted by Crippen LogP contribution is -2.23. The zero-order valence-electron chi connectivity index (χ0n) is 10.1. The Morgan fingerprint density at radius 3 is 3.00 bits per heavy atom. The molecule has 0 aliphatic heterocycles. The van der Waals surface area contributed by atoms with E-state index in [9.17, 15) is 4.39 Å². The third-order valence-corrected chi connectivity index (χ3v) is 3.40. The van der Waals surface area contributed by atoms with Crippen molar-refractivity contribution in [2.75, 3.05) is 6.54 Å². The van der Waals surface area contributed by atoms with E-state index in [4.69, 9.17) is 0 Å². The predicted molar refractivity (Wildman–Crippen MR) is 72.7 cm³/mol. The molecule has 1 atom stereocenters. The number of hydrogen-bond donors (Lipinski definition) is 1. The summed E-state index contributed by atoms with van der Waals surface area (Å²) in [4.78, 5) is 0. The molecule has 2 aromatic rings. The van der Waals surface area contributed by atoms with Crippen LogP contribution in [0.25, 0.3) is 0 Å². The topological polar surface area (TPSA) is 29.9 Å². The number of hydrogen-bond acceptors (Lipinski definition) is 2. The molecule has 1 heterocycles. The minimum Gasteiger partial charge on any atom is -0.308 e. The van der Waals surface area contributed by atoms with Crippen LogP contribution in [0.1, 0.15) is 18.5 Å². The summed E-state index contributed by atoms with van der Waals surface area (Å²) in [5, 5.41) is 7.51. The van der Waals surface area contributed by atoms with Crippen LogP contribution in [-0.4, -0.2) is 16.3 Å². The van der Waals surface area contributed by atoms with E-state index in [1.807, 2.05) is 16.9 Å². The number of nitrogens with one attached hydrogen (secondary N) is 1. The van der Waals surface area contributed by atoms with Gasteiger partial charge < -0.3 is 5.32 Å². The van der Waals surface area contributed by atoms with Crippen molar-refractivity contribution in [1.82, 2.24) is 15.1 Å². The highest BCUT2D eigenvalue weighted by Crippen LogP contribution is 2.20. The number of aromatic nitrogens is 2. The van der Waals surface area contributed by atoms with Gasteiger partial charge in [0.15, 0.2) is 0 Å². The molecule has 1 aromatic heterocycles. The first-order chi connectivity index (χ1) is 8.66. The monoisotopic (exact) mass is 311 g/mol. The van der Waals surface area contributed by atoms with Crippen molar-refractivity contribution in [2.45, 2.75) is 19.5 Å². The van der Waals surface area contributed by atoms with Gasteiger partial charge in [0, 0.05) is 25.0 Å². The summed E-state index contributed by atoms with van der Waals surface area (Å²) in [7, 11) is 0. The van der Waals surface area contributed by atoms with Gasteiger partial charge in [-0.15, -0.1) is 0 Å². The first-order valence-electron chi connectivity index (χ1n) is 5.82. The van der Waals surface area contributed by atoms with Gasteiger partial charge in [-0.05, 0) is 46.6 Å². The zero-order chi connectivity index (χ0) is 13.0. The summed E-state index contributed by atoms with van der Waals surface area (Å²) in [6, 6.07) is 7.16. The Kier molecular flexibility index (Phi) is 4.49. The summed E-state index contributed by atoms with van der Waals surface area (Å²) in [6.45, 7) is 3.69. The molecule has 1 N–H and O–H groups in total. The molecule has 96 valence electrons. The molecular weight excluding hydrogens is 297 g/mol. The highest BCUT2D eigenvalue weighted by atomic mass is 79.9. The summed E-state index contributed by atoms with van der Waals surface area (Å²) in [6.07, 6.45) is 3.70. The van der Waals surface area contributed by atoms with Gasteiger partial charge in [0.25, 0.3) is 0 Å². The fourth-order valence-corrected chi connectivity index (χ4v) is 2.12. The molecule has 18 heavy (non-hydrogen) atoms. The van der Waals surface area contributed by atoms with Crippen molar-refractivity contribution in [3.63, 3.8) is 0 Å². The van der Waals surface area contributed by atoms with Gasteiger partial charge in [-0.3, -0.25) is 4.68 Å².